The summed E-state index contributed by atoms with van der Waals surface area (Å²) in [5, 5.41) is 8.17. The van der Waals surface area contributed by atoms with E-state index in [9.17, 15) is 9.46 Å². The van der Waals surface area contributed by atoms with Gasteiger partial charge in [0, 0.05) is 17.8 Å². The average molecular weight is 193 g/mol. The van der Waals surface area contributed by atoms with E-state index in [2.05, 4.69) is 0 Å². The minimum absolute atomic E-state index is 0.216. The molecule has 0 amide bonds. The summed E-state index contributed by atoms with van der Waals surface area (Å²) in [6.07, 6.45) is 0.335. The van der Waals surface area contributed by atoms with Gasteiger partial charge >= 0.3 is 0 Å². The van der Waals surface area contributed by atoms with Crippen LogP contribution >= 0.6 is 18.0 Å². The maximum Gasteiger partial charge on any atom is 0.257 e. The van der Waals surface area contributed by atoms with E-state index in [-0.39, 0.29) is 5.66 Å². The molecule has 0 aliphatic rings. The first-order chi connectivity index (χ1) is 5.00. The van der Waals surface area contributed by atoms with Gasteiger partial charge in [-0.2, -0.15) is 5.26 Å². The Morgan fingerprint density at radius 3 is 2.64 bits per heavy atom. The first kappa shape index (κ1) is 11.0. The van der Waals surface area contributed by atoms with E-state index in [1.807, 2.05) is 6.07 Å². The second-order valence-corrected chi connectivity index (χ2v) is 7.57. The maximum atomic E-state index is 11.2. The summed E-state index contributed by atoms with van der Waals surface area (Å²) < 4.78 is 11.2. The summed E-state index contributed by atoms with van der Waals surface area (Å²) >= 11 is 1.000. The minimum atomic E-state index is -3.03. The van der Waals surface area contributed by atoms with Crippen molar-refractivity contribution >= 4 is 18.0 Å². The molecule has 0 bridgehead atoms. The van der Waals surface area contributed by atoms with Gasteiger partial charge in [-0.15, -0.1) is 0 Å². The van der Waals surface area contributed by atoms with Gasteiger partial charge in [0.15, 0.2) is 0 Å². The lowest BCUT2D eigenvalue weighted by atomic mass is 10.6. The molecule has 3 nitrogen and oxygen atoms in total. The zero-order valence-electron chi connectivity index (χ0n) is 6.65. The van der Waals surface area contributed by atoms with Crippen molar-refractivity contribution in [2.45, 2.75) is 25.9 Å². The highest BCUT2D eigenvalue weighted by molar-refractivity contribution is 8.56. The molecule has 0 aliphatic heterocycles. The van der Waals surface area contributed by atoms with Crippen molar-refractivity contribution in [1.29, 1.82) is 5.26 Å². The van der Waals surface area contributed by atoms with Crippen LogP contribution in [0, 0.1) is 11.3 Å². The molecule has 0 saturated carbocycles. The van der Waals surface area contributed by atoms with Gasteiger partial charge in [-0.25, -0.2) is 0 Å². The number of hydrogen-bond donors (Lipinski definition) is 1. The zero-order chi connectivity index (χ0) is 8.91. The molecule has 5 heteroatoms. The Labute approximate surface area is 71.0 Å². The lowest BCUT2D eigenvalue weighted by molar-refractivity contribution is 0.488. The summed E-state index contributed by atoms with van der Waals surface area (Å²) in [7, 11) is 0. The fourth-order valence-corrected chi connectivity index (χ4v) is 3.07. The standard InChI is InChI=1S/C6H12NO2PS/c1-6(2)10(8,9)11-5-3-4-7/h6H,3,5H2,1-2H3,(H,8,9). The van der Waals surface area contributed by atoms with Crippen molar-refractivity contribution in [3.8, 4) is 6.07 Å². The normalized spacial score (nSPS) is 15.9. The van der Waals surface area contributed by atoms with Crippen LogP contribution in [0.4, 0.5) is 0 Å². The Bertz CT molecular complexity index is 199. The number of rotatable bonds is 4. The zero-order valence-corrected chi connectivity index (χ0v) is 8.36. The van der Waals surface area contributed by atoms with Crippen LogP contribution in [0.2, 0.25) is 0 Å². The highest BCUT2D eigenvalue weighted by atomic mass is 32.7. The second-order valence-electron chi connectivity index (χ2n) is 2.40. The van der Waals surface area contributed by atoms with Crippen LogP contribution in [-0.4, -0.2) is 16.3 Å². The summed E-state index contributed by atoms with van der Waals surface area (Å²) in [5.41, 5.74) is -0.216. The molecule has 0 aromatic rings. The Kier molecular flexibility index (Phi) is 4.83. The third-order valence-electron chi connectivity index (χ3n) is 1.14. The van der Waals surface area contributed by atoms with Gasteiger partial charge in [0.05, 0.1) is 6.07 Å². The van der Waals surface area contributed by atoms with Crippen LogP contribution in [-0.2, 0) is 4.57 Å². The fraction of sp³-hybridized carbons (Fsp3) is 0.833. The molecule has 11 heavy (non-hydrogen) atoms. The van der Waals surface area contributed by atoms with Gasteiger partial charge in [-0.3, -0.25) is 4.57 Å². The molecule has 0 aromatic carbocycles. The molecular weight excluding hydrogens is 181 g/mol. The molecule has 1 unspecified atom stereocenters. The van der Waals surface area contributed by atoms with E-state index in [1.54, 1.807) is 13.8 Å². The van der Waals surface area contributed by atoms with E-state index in [1.165, 1.54) is 0 Å². The molecule has 0 radical (unpaired) electrons. The molecule has 0 aliphatic carbocycles. The molecule has 0 spiro atoms. The van der Waals surface area contributed by atoms with Crippen molar-refractivity contribution in [1.82, 2.24) is 0 Å². The predicted molar refractivity (Wildman–Crippen MR) is 47.6 cm³/mol. The third kappa shape index (κ3) is 4.47. The third-order valence-corrected chi connectivity index (χ3v) is 6.13. The molecule has 0 aromatic heterocycles. The number of nitrogens with zero attached hydrogens (tertiary/aromatic N) is 1. The average Bonchev–Trinajstić information content (AvgIpc) is 1.88. The Morgan fingerprint density at radius 1 is 1.73 bits per heavy atom. The van der Waals surface area contributed by atoms with Gasteiger partial charge in [-0.1, -0.05) is 25.2 Å². The first-order valence-electron chi connectivity index (χ1n) is 3.34. The molecule has 0 rings (SSSR count). The van der Waals surface area contributed by atoms with Gasteiger partial charge in [0.25, 0.3) is 6.57 Å². The highest BCUT2D eigenvalue weighted by Crippen LogP contribution is 2.58. The second kappa shape index (κ2) is 4.82. The quantitative estimate of drug-likeness (QED) is 0.549. The molecule has 64 valence electrons. The summed E-state index contributed by atoms with van der Waals surface area (Å²) in [5.74, 6) is 0.447. The van der Waals surface area contributed by atoms with E-state index in [0.29, 0.717) is 12.2 Å². The number of nitriles is 1. The van der Waals surface area contributed by atoms with Crippen LogP contribution in [0.3, 0.4) is 0 Å². The summed E-state index contributed by atoms with van der Waals surface area (Å²) in [6.45, 7) is 0.388. The van der Waals surface area contributed by atoms with Gasteiger partial charge < -0.3 is 4.89 Å². The predicted octanol–water partition coefficient (Wildman–Crippen LogP) is 2.23. The largest absolute Gasteiger partial charge is 0.337 e. The van der Waals surface area contributed by atoms with E-state index >= 15 is 0 Å². The van der Waals surface area contributed by atoms with Crippen molar-refractivity contribution < 1.29 is 9.46 Å². The minimum Gasteiger partial charge on any atom is -0.337 e. The van der Waals surface area contributed by atoms with Crippen LogP contribution in [0.1, 0.15) is 20.3 Å². The Hall–Kier alpha value is 0.0300. The SMILES string of the molecule is CC(C)P(=O)(O)SCCC#N. The number of hydrogen-bond acceptors (Lipinski definition) is 3. The topological polar surface area (TPSA) is 61.1 Å². The van der Waals surface area contributed by atoms with Gasteiger partial charge in [-0.05, 0) is 0 Å². The van der Waals surface area contributed by atoms with Gasteiger partial charge in [0.2, 0.25) is 0 Å². The van der Waals surface area contributed by atoms with Crippen LogP contribution in [0.15, 0.2) is 0 Å². The monoisotopic (exact) mass is 193 g/mol. The van der Waals surface area contributed by atoms with Gasteiger partial charge in [0.1, 0.15) is 0 Å². The van der Waals surface area contributed by atoms with Crippen molar-refractivity contribution in [2.75, 3.05) is 5.75 Å². The summed E-state index contributed by atoms with van der Waals surface area (Å²) in [6, 6.07) is 1.93. The van der Waals surface area contributed by atoms with Crippen LogP contribution in [0.25, 0.3) is 0 Å². The van der Waals surface area contributed by atoms with Crippen LogP contribution < -0.4 is 0 Å². The van der Waals surface area contributed by atoms with Crippen molar-refractivity contribution in [3.05, 3.63) is 0 Å². The lowest BCUT2D eigenvalue weighted by Crippen LogP contribution is -1.93. The highest BCUT2D eigenvalue weighted by Gasteiger charge is 2.22. The van der Waals surface area contributed by atoms with E-state index < -0.39 is 6.57 Å². The molecule has 1 atom stereocenters. The summed E-state index contributed by atoms with van der Waals surface area (Å²) in [4.78, 5) is 9.23. The molecular formula is C6H12NO2PS. The molecule has 0 heterocycles. The van der Waals surface area contributed by atoms with Crippen molar-refractivity contribution in [3.63, 3.8) is 0 Å². The fourth-order valence-electron chi connectivity index (χ4n) is 0.371. The van der Waals surface area contributed by atoms with Crippen LogP contribution in [0.5, 0.6) is 0 Å². The Balaban J connectivity index is 3.76. The first-order valence-corrected chi connectivity index (χ1v) is 6.66. The van der Waals surface area contributed by atoms with E-state index in [0.717, 1.165) is 11.4 Å². The van der Waals surface area contributed by atoms with E-state index in [4.69, 9.17) is 5.26 Å². The lowest BCUT2D eigenvalue weighted by Gasteiger charge is -2.12. The maximum absolute atomic E-state index is 11.2. The van der Waals surface area contributed by atoms with Crippen molar-refractivity contribution in [2.24, 2.45) is 0 Å². The molecule has 0 fully saturated rings. The molecule has 1 N–H and O–H groups in total. The Morgan fingerprint density at radius 2 is 2.27 bits per heavy atom. The molecule has 0 saturated heterocycles. The smallest absolute Gasteiger partial charge is 0.257 e.